The molecule has 0 N–H and O–H groups in total. The van der Waals surface area contributed by atoms with Gasteiger partial charge < -0.3 is 4.74 Å². The number of para-hydroxylation sites is 2. The molecule has 0 saturated heterocycles. The first-order valence-electron chi connectivity index (χ1n) is 8.46. The summed E-state index contributed by atoms with van der Waals surface area (Å²) in [4.78, 5) is 28.4. The first-order valence-corrected chi connectivity index (χ1v) is 9.65. The minimum Gasteiger partial charge on any atom is -0.452 e. The molecule has 0 spiro atoms. The number of halogens is 3. The molecule has 0 unspecified atom stereocenters. The van der Waals surface area contributed by atoms with E-state index in [1.54, 1.807) is 24.3 Å². The number of esters is 1. The predicted octanol–water partition coefficient (Wildman–Crippen LogP) is 5.60. The molecular formula is C21H12ClF2NO3S. The summed E-state index contributed by atoms with van der Waals surface area (Å²) in [6, 6.07) is 16.1. The zero-order valence-corrected chi connectivity index (χ0v) is 16.3. The maximum absolute atomic E-state index is 13.4. The van der Waals surface area contributed by atoms with E-state index in [2.05, 4.69) is 0 Å². The van der Waals surface area contributed by atoms with Gasteiger partial charge in [0.25, 0.3) is 5.91 Å². The standard InChI is InChI=1S/C21H12ClF2NO3S/c22-13-10-15(24)14(23)9-12(13)21(27)28-11-20(26)25-16-5-1-3-7-18(16)29-19-8-4-2-6-17(19)25/h1-10H,11H2. The second-order valence-corrected chi connectivity index (χ2v) is 7.58. The van der Waals surface area contributed by atoms with E-state index in [1.807, 2.05) is 24.3 Å². The average Bonchev–Trinajstić information content (AvgIpc) is 2.72. The minimum absolute atomic E-state index is 0.300. The number of amides is 1. The number of ether oxygens (including phenoxy) is 1. The van der Waals surface area contributed by atoms with E-state index in [4.69, 9.17) is 16.3 Å². The molecule has 0 aliphatic carbocycles. The Morgan fingerprint density at radius 1 is 0.931 bits per heavy atom. The van der Waals surface area contributed by atoms with Crippen molar-refractivity contribution < 1.29 is 23.1 Å². The van der Waals surface area contributed by atoms with Crippen molar-refractivity contribution in [2.45, 2.75) is 9.79 Å². The maximum Gasteiger partial charge on any atom is 0.340 e. The molecule has 1 aliphatic rings. The van der Waals surface area contributed by atoms with Crippen LogP contribution in [0.5, 0.6) is 0 Å². The summed E-state index contributed by atoms with van der Waals surface area (Å²) in [5, 5.41) is -0.300. The molecule has 1 amide bonds. The van der Waals surface area contributed by atoms with Gasteiger partial charge in [0.05, 0.1) is 22.0 Å². The third-order valence-corrected chi connectivity index (χ3v) is 5.68. The van der Waals surface area contributed by atoms with Crippen LogP contribution in [0.25, 0.3) is 0 Å². The van der Waals surface area contributed by atoms with E-state index in [9.17, 15) is 18.4 Å². The van der Waals surface area contributed by atoms with Gasteiger partial charge in [-0.15, -0.1) is 0 Å². The van der Waals surface area contributed by atoms with Gasteiger partial charge in [-0.25, -0.2) is 13.6 Å². The van der Waals surface area contributed by atoms with Crippen LogP contribution in [0.3, 0.4) is 0 Å². The van der Waals surface area contributed by atoms with Crippen LogP contribution in [0.1, 0.15) is 10.4 Å². The third-order valence-electron chi connectivity index (χ3n) is 4.24. The lowest BCUT2D eigenvalue weighted by Gasteiger charge is -2.30. The molecule has 0 radical (unpaired) electrons. The lowest BCUT2D eigenvalue weighted by atomic mass is 10.2. The van der Waals surface area contributed by atoms with Gasteiger partial charge in [-0.3, -0.25) is 9.69 Å². The molecule has 0 saturated carbocycles. The van der Waals surface area contributed by atoms with Crippen LogP contribution in [-0.4, -0.2) is 18.5 Å². The minimum atomic E-state index is -1.23. The number of fused-ring (bicyclic) bond motifs is 2. The van der Waals surface area contributed by atoms with Crippen molar-refractivity contribution in [1.82, 2.24) is 0 Å². The fourth-order valence-corrected chi connectivity index (χ4v) is 4.21. The Morgan fingerprint density at radius 2 is 1.48 bits per heavy atom. The zero-order chi connectivity index (χ0) is 20.5. The van der Waals surface area contributed by atoms with Crippen LogP contribution in [0, 0.1) is 11.6 Å². The number of carbonyl (C=O) groups is 2. The van der Waals surface area contributed by atoms with Crippen LogP contribution in [-0.2, 0) is 9.53 Å². The molecule has 3 aromatic rings. The number of rotatable bonds is 3. The largest absolute Gasteiger partial charge is 0.452 e. The highest BCUT2D eigenvalue weighted by molar-refractivity contribution is 7.99. The van der Waals surface area contributed by atoms with Crippen molar-refractivity contribution in [3.8, 4) is 0 Å². The Morgan fingerprint density at radius 3 is 2.10 bits per heavy atom. The molecule has 0 bridgehead atoms. The Hall–Kier alpha value is -2.90. The summed E-state index contributed by atoms with van der Waals surface area (Å²) < 4.78 is 31.6. The van der Waals surface area contributed by atoms with Gasteiger partial charge in [0.2, 0.25) is 0 Å². The molecule has 0 atom stereocenters. The van der Waals surface area contributed by atoms with Crippen molar-refractivity contribution in [2.24, 2.45) is 0 Å². The van der Waals surface area contributed by atoms with E-state index < -0.39 is 30.1 Å². The molecule has 4 rings (SSSR count). The van der Waals surface area contributed by atoms with Crippen LogP contribution in [0.15, 0.2) is 70.5 Å². The molecule has 29 heavy (non-hydrogen) atoms. The lowest BCUT2D eigenvalue weighted by Crippen LogP contribution is -2.32. The molecule has 146 valence electrons. The van der Waals surface area contributed by atoms with Gasteiger partial charge in [-0.1, -0.05) is 47.6 Å². The highest BCUT2D eigenvalue weighted by Crippen LogP contribution is 2.47. The topological polar surface area (TPSA) is 46.6 Å². The van der Waals surface area contributed by atoms with Crippen LogP contribution >= 0.6 is 23.4 Å². The van der Waals surface area contributed by atoms with Gasteiger partial charge in [-0.05, 0) is 36.4 Å². The van der Waals surface area contributed by atoms with Crippen LogP contribution in [0.2, 0.25) is 5.02 Å². The number of hydrogen-bond donors (Lipinski definition) is 0. The third kappa shape index (κ3) is 3.71. The maximum atomic E-state index is 13.4. The quantitative estimate of drug-likeness (QED) is 0.400. The lowest BCUT2D eigenvalue weighted by molar-refractivity contribution is -0.121. The Bertz CT molecular complexity index is 1090. The number of hydrogen-bond acceptors (Lipinski definition) is 4. The van der Waals surface area contributed by atoms with Crippen molar-refractivity contribution in [3.63, 3.8) is 0 Å². The smallest absolute Gasteiger partial charge is 0.340 e. The highest BCUT2D eigenvalue weighted by atomic mass is 35.5. The Labute approximate surface area is 174 Å². The summed E-state index contributed by atoms with van der Waals surface area (Å²) in [5.41, 5.74) is 0.986. The number of anilines is 2. The van der Waals surface area contributed by atoms with Crippen LogP contribution in [0.4, 0.5) is 20.2 Å². The second kappa shape index (κ2) is 7.85. The molecule has 1 aliphatic heterocycles. The summed E-state index contributed by atoms with van der Waals surface area (Å²) in [6.45, 7) is -0.596. The molecule has 3 aromatic carbocycles. The Balaban J connectivity index is 1.58. The Kier molecular flexibility index (Phi) is 5.25. The van der Waals surface area contributed by atoms with Gasteiger partial charge in [-0.2, -0.15) is 0 Å². The first-order chi connectivity index (χ1) is 14.0. The molecule has 1 heterocycles. The molecular weight excluding hydrogens is 420 g/mol. The monoisotopic (exact) mass is 431 g/mol. The van der Waals surface area contributed by atoms with Gasteiger partial charge in [0.1, 0.15) is 0 Å². The fourth-order valence-electron chi connectivity index (χ4n) is 2.92. The van der Waals surface area contributed by atoms with Gasteiger partial charge in [0.15, 0.2) is 18.2 Å². The predicted molar refractivity (Wildman–Crippen MR) is 106 cm³/mol. The normalized spacial score (nSPS) is 12.2. The summed E-state index contributed by atoms with van der Waals surface area (Å²) in [7, 11) is 0. The number of benzene rings is 3. The van der Waals surface area contributed by atoms with E-state index in [0.717, 1.165) is 9.79 Å². The summed E-state index contributed by atoms with van der Waals surface area (Å²) in [6.07, 6.45) is 0. The van der Waals surface area contributed by atoms with Gasteiger partial charge in [0, 0.05) is 9.79 Å². The van der Waals surface area contributed by atoms with Crippen molar-refractivity contribution in [2.75, 3.05) is 11.5 Å². The van der Waals surface area contributed by atoms with E-state index in [-0.39, 0.29) is 10.6 Å². The number of nitrogens with zero attached hydrogens (tertiary/aromatic N) is 1. The SMILES string of the molecule is O=C(OCC(=O)N1c2ccccc2Sc2ccccc21)c1cc(F)c(F)cc1Cl. The summed E-state index contributed by atoms with van der Waals surface area (Å²) >= 11 is 7.32. The van der Waals surface area contributed by atoms with E-state index >= 15 is 0 Å². The van der Waals surface area contributed by atoms with Crippen molar-refractivity contribution >= 4 is 46.6 Å². The molecule has 8 heteroatoms. The first kappa shape index (κ1) is 19.4. The van der Waals surface area contributed by atoms with Crippen molar-refractivity contribution in [3.05, 3.63) is 82.9 Å². The number of carbonyl (C=O) groups excluding carboxylic acids is 2. The van der Waals surface area contributed by atoms with E-state index in [0.29, 0.717) is 23.5 Å². The fraction of sp³-hybridized carbons (Fsp3) is 0.0476. The highest BCUT2D eigenvalue weighted by Gasteiger charge is 2.28. The van der Waals surface area contributed by atoms with Crippen molar-refractivity contribution in [1.29, 1.82) is 0 Å². The second-order valence-electron chi connectivity index (χ2n) is 6.09. The zero-order valence-electron chi connectivity index (χ0n) is 14.7. The average molecular weight is 432 g/mol. The van der Waals surface area contributed by atoms with E-state index in [1.165, 1.54) is 16.7 Å². The summed E-state index contributed by atoms with van der Waals surface area (Å²) in [5.74, 6) is -3.92. The molecule has 4 nitrogen and oxygen atoms in total. The molecule has 0 fully saturated rings. The van der Waals surface area contributed by atoms with Crippen LogP contribution < -0.4 is 4.90 Å². The molecule has 0 aromatic heterocycles. The van der Waals surface area contributed by atoms with Gasteiger partial charge >= 0.3 is 5.97 Å².